The maximum Gasteiger partial charge on any atom is 0.228 e. The molecule has 0 aliphatic carbocycles. The van der Waals surface area contributed by atoms with Crippen LogP contribution in [0.5, 0.6) is 0 Å². The normalized spacial score (nSPS) is 12.6. The van der Waals surface area contributed by atoms with Gasteiger partial charge in [0.05, 0.1) is 0 Å². The first-order chi connectivity index (χ1) is 5.61. The summed E-state index contributed by atoms with van der Waals surface area (Å²) in [6, 6.07) is 6.68. The molecule has 1 aromatic rings. The molecule has 64 valence electrons. The van der Waals surface area contributed by atoms with Crippen LogP contribution in [0.1, 0.15) is 20.9 Å². The molecule has 1 rings (SSSR count). The highest BCUT2D eigenvalue weighted by atomic mass is 79.9. The van der Waals surface area contributed by atoms with Gasteiger partial charge in [-0.15, -0.1) is 0 Å². The number of benzene rings is 1. The first kappa shape index (κ1) is 9.89. The third-order valence-corrected chi connectivity index (χ3v) is 2.40. The lowest BCUT2D eigenvalue weighted by atomic mass is 10.2. The Hall–Kier alpha value is -0.190. The van der Waals surface area contributed by atoms with Crippen LogP contribution in [0.4, 0.5) is 0 Å². The quantitative estimate of drug-likeness (QED) is 0.672. The van der Waals surface area contributed by atoms with Gasteiger partial charge in [-0.05, 0) is 21.5 Å². The van der Waals surface area contributed by atoms with E-state index in [1.54, 1.807) is 24.3 Å². The van der Waals surface area contributed by atoms with Crippen molar-refractivity contribution in [2.75, 3.05) is 0 Å². The second kappa shape index (κ2) is 4.16. The fraction of sp³-hybridized carbons (Fsp3) is 0.125. The summed E-state index contributed by atoms with van der Waals surface area (Å²) in [5, 5.41) is 8.40. The van der Waals surface area contributed by atoms with Crippen molar-refractivity contribution in [2.45, 2.75) is 5.01 Å². The van der Waals surface area contributed by atoms with Crippen molar-refractivity contribution in [2.24, 2.45) is 0 Å². The lowest BCUT2D eigenvalue weighted by Gasteiger charge is -2.02. The van der Waals surface area contributed by atoms with Crippen LogP contribution in [0.15, 0.2) is 24.3 Å². The zero-order valence-electron chi connectivity index (χ0n) is 6.00. The number of alkyl halides is 1. The second-order valence-corrected chi connectivity index (χ2v) is 3.82. The SMILES string of the molecule is O=C(Br)c1ccc(C(O)Br)cc1. The van der Waals surface area contributed by atoms with Gasteiger partial charge in [-0.1, -0.05) is 40.2 Å². The van der Waals surface area contributed by atoms with Gasteiger partial charge in [-0.25, -0.2) is 0 Å². The number of carbonyl (C=O) groups excluding carboxylic acids is 1. The zero-order chi connectivity index (χ0) is 9.14. The highest BCUT2D eigenvalue weighted by molar-refractivity contribution is 9.18. The highest BCUT2D eigenvalue weighted by Gasteiger charge is 2.03. The van der Waals surface area contributed by atoms with Crippen LogP contribution in [0.2, 0.25) is 0 Å². The van der Waals surface area contributed by atoms with Gasteiger partial charge in [0.15, 0.2) is 0 Å². The van der Waals surface area contributed by atoms with Gasteiger partial charge in [0, 0.05) is 5.56 Å². The Kier molecular flexibility index (Phi) is 3.43. The van der Waals surface area contributed by atoms with E-state index < -0.39 is 5.01 Å². The minimum absolute atomic E-state index is 0.155. The largest absolute Gasteiger partial charge is 0.377 e. The Morgan fingerprint density at radius 3 is 2.17 bits per heavy atom. The summed E-state index contributed by atoms with van der Waals surface area (Å²) in [6.45, 7) is 0. The first-order valence-corrected chi connectivity index (χ1v) is 4.94. The van der Waals surface area contributed by atoms with Crippen molar-refractivity contribution >= 4 is 36.6 Å². The maximum atomic E-state index is 10.8. The summed E-state index contributed by atoms with van der Waals surface area (Å²) in [6.07, 6.45) is 0. The number of aliphatic hydroxyl groups is 1. The minimum Gasteiger partial charge on any atom is -0.377 e. The van der Waals surface area contributed by atoms with Crippen molar-refractivity contribution in [3.05, 3.63) is 35.4 Å². The fourth-order valence-electron chi connectivity index (χ4n) is 0.773. The van der Waals surface area contributed by atoms with Gasteiger partial charge in [-0.3, -0.25) is 4.79 Å². The van der Waals surface area contributed by atoms with E-state index in [2.05, 4.69) is 31.9 Å². The zero-order valence-corrected chi connectivity index (χ0v) is 9.17. The molecule has 0 radical (unpaired) electrons. The van der Waals surface area contributed by atoms with Gasteiger partial charge >= 0.3 is 0 Å². The molecule has 0 saturated heterocycles. The standard InChI is InChI=1S/C8H6Br2O2/c9-7(11)5-1-2-6(4-3-5)8(10)12/h1-4,7,11H. The van der Waals surface area contributed by atoms with Gasteiger partial charge in [-0.2, -0.15) is 0 Å². The molecule has 0 aromatic heterocycles. The summed E-state index contributed by atoms with van der Waals surface area (Å²) in [5.41, 5.74) is 1.31. The smallest absolute Gasteiger partial charge is 0.228 e. The van der Waals surface area contributed by atoms with Crippen LogP contribution in [0, 0.1) is 0 Å². The molecule has 2 nitrogen and oxygen atoms in total. The number of carbonyl (C=O) groups is 1. The monoisotopic (exact) mass is 292 g/mol. The van der Waals surface area contributed by atoms with Crippen LogP contribution in [0.3, 0.4) is 0 Å². The minimum atomic E-state index is -0.669. The van der Waals surface area contributed by atoms with E-state index in [9.17, 15) is 4.79 Å². The molecule has 0 saturated carbocycles. The van der Waals surface area contributed by atoms with E-state index in [1.807, 2.05) is 0 Å². The van der Waals surface area contributed by atoms with Gasteiger partial charge in [0.25, 0.3) is 0 Å². The number of halogens is 2. The van der Waals surface area contributed by atoms with E-state index in [0.29, 0.717) is 5.56 Å². The molecule has 0 bridgehead atoms. The van der Waals surface area contributed by atoms with Crippen molar-refractivity contribution in [3.63, 3.8) is 0 Å². The number of hydrogen-bond acceptors (Lipinski definition) is 2. The molecule has 0 aliphatic heterocycles. The Labute approximate surface area is 86.9 Å². The molecule has 0 amide bonds. The summed E-state index contributed by atoms with van der Waals surface area (Å²) in [5.74, 6) is 0. The molecular formula is C8H6Br2O2. The van der Waals surface area contributed by atoms with Crippen molar-refractivity contribution < 1.29 is 9.90 Å². The number of aliphatic hydroxyl groups excluding tert-OH is 1. The molecule has 0 spiro atoms. The predicted molar refractivity (Wildman–Crippen MR) is 53.6 cm³/mol. The van der Waals surface area contributed by atoms with E-state index in [4.69, 9.17) is 5.11 Å². The Bertz CT molecular complexity index is 280. The molecular weight excluding hydrogens is 288 g/mol. The van der Waals surface area contributed by atoms with Gasteiger partial charge in [0.2, 0.25) is 4.69 Å². The Morgan fingerprint density at radius 1 is 1.33 bits per heavy atom. The van der Waals surface area contributed by atoms with E-state index in [-0.39, 0.29) is 4.69 Å². The van der Waals surface area contributed by atoms with E-state index >= 15 is 0 Å². The van der Waals surface area contributed by atoms with Crippen LogP contribution in [0.25, 0.3) is 0 Å². The third kappa shape index (κ3) is 2.40. The Morgan fingerprint density at radius 2 is 1.83 bits per heavy atom. The lowest BCUT2D eigenvalue weighted by Crippen LogP contribution is -1.90. The summed E-state index contributed by atoms with van der Waals surface area (Å²) in [4.78, 5) is 10.8. The van der Waals surface area contributed by atoms with Crippen LogP contribution >= 0.6 is 31.9 Å². The molecule has 1 N–H and O–H groups in total. The summed E-state index contributed by atoms with van der Waals surface area (Å²) in [7, 11) is 0. The summed E-state index contributed by atoms with van der Waals surface area (Å²) >= 11 is 5.83. The average molecular weight is 294 g/mol. The molecule has 0 heterocycles. The van der Waals surface area contributed by atoms with E-state index in [0.717, 1.165) is 5.56 Å². The Balaban J connectivity index is 2.93. The molecule has 4 heteroatoms. The molecule has 1 aromatic carbocycles. The van der Waals surface area contributed by atoms with Gasteiger partial charge in [0.1, 0.15) is 5.01 Å². The maximum absolute atomic E-state index is 10.8. The van der Waals surface area contributed by atoms with Crippen LogP contribution in [-0.2, 0) is 0 Å². The number of rotatable bonds is 2. The van der Waals surface area contributed by atoms with Crippen LogP contribution < -0.4 is 0 Å². The lowest BCUT2D eigenvalue weighted by molar-refractivity contribution is 0.109. The van der Waals surface area contributed by atoms with Gasteiger partial charge < -0.3 is 5.11 Å². The second-order valence-electron chi connectivity index (χ2n) is 2.23. The molecule has 0 aliphatic rings. The molecule has 12 heavy (non-hydrogen) atoms. The van der Waals surface area contributed by atoms with E-state index in [1.165, 1.54) is 0 Å². The average Bonchev–Trinajstić information content (AvgIpc) is 2.04. The van der Waals surface area contributed by atoms with Crippen molar-refractivity contribution in [1.29, 1.82) is 0 Å². The highest BCUT2D eigenvalue weighted by Crippen LogP contribution is 2.19. The fourth-order valence-corrected chi connectivity index (χ4v) is 1.34. The molecule has 1 atom stereocenters. The topological polar surface area (TPSA) is 37.3 Å². The molecule has 1 unspecified atom stereocenters. The predicted octanol–water partition coefficient (Wildman–Crippen LogP) is 2.61. The van der Waals surface area contributed by atoms with Crippen molar-refractivity contribution in [1.82, 2.24) is 0 Å². The van der Waals surface area contributed by atoms with Crippen LogP contribution in [-0.4, -0.2) is 9.80 Å². The molecule has 0 fully saturated rings. The first-order valence-electron chi connectivity index (χ1n) is 3.23. The van der Waals surface area contributed by atoms with Crippen molar-refractivity contribution in [3.8, 4) is 0 Å². The summed E-state index contributed by atoms with van der Waals surface area (Å²) < 4.78 is -0.155. The third-order valence-electron chi connectivity index (χ3n) is 1.41. The number of hydrogen-bond donors (Lipinski definition) is 1.